The SMILES string of the molecule is CC(C)=NNC(=O)CN(c1cccc(C)c1)S(=O)(=O)c1ccccc1. The van der Waals surface area contributed by atoms with Crippen molar-refractivity contribution in [2.75, 3.05) is 10.8 Å². The van der Waals surface area contributed by atoms with E-state index in [-0.39, 0.29) is 11.4 Å². The van der Waals surface area contributed by atoms with E-state index in [9.17, 15) is 13.2 Å². The molecule has 0 bridgehead atoms. The highest BCUT2D eigenvalue weighted by molar-refractivity contribution is 7.92. The Kier molecular flexibility index (Phi) is 5.93. The minimum absolute atomic E-state index is 0.125. The Morgan fingerprint density at radius 2 is 1.76 bits per heavy atom. The minimum Gasteiger partial charge on any atom is -0.271 e. The van der Waals surface area contributed by atoms with Gasteiger partial charge in [-0.3, -0.25) is 9.10 Å². The Hall–Kier alpha value is -2.67. The van der Waals surface area contributed by atoms with Crippen LogP contribution < -0.4 is 9.73 Å². The lowest BCUT2D eigenvalue weighted by molar-refractivity contribution is -0.119. The smallest absolute Gasteiger partial charge is 0.264 e. The van der Waals surface area contributed by atoms with Crippen LogP contribution in [0.2, 0.25) is 0 Å². The summed E-state index contributed by atoms with van der Waals surface area (Å²) in [6.07, 6.45) is 0. The zero-order valence-corrected chi connectivity index (χ0v) is 15.2. The van der Waals surface area contributed by atoms with Crippen molar-refractivity contribution in [1.29, 1.82) is 0 Å². The molecule has 1 N–H and O–H groups in total. The highest BCUT2D eigenvalue weighted by atomic mass is 32.2. The molecular weight excluding hydrogens is 338 g/mol. The summed E-state index contributed by atoms with van der Waals surface area (Å²) in [5.41, 5.74) is 4.36. The van der Waals surface area contributed by atoms with Gasteiger partial charge in [0.25, 0.3) is 15.9 Å². The first-order valence-electron chi connectivity index (χ1n) is 7.75. The Bertz CT molecular complexity index is 873. The van der Waals surface area contributed by atoms with E-state index >= 15 is 0 Å². The second kappa shape index (κ2) is 7.94. The molecule has 0 aliphatic heterocycles. The summed E-state index contributed by atoms with van der Waals surface area (Å²) < 4.78 is 27.1. The van der Waals surface area contributed by atoms with Crippen molar-refractivity contribution >= 4 is 27.3 Å². The van der Waals surface area contributed by atoms with E-state index in [4.69, 9.17) is 0 Å². The van der Waals surface area contributed by atoms with E-state index < -0.39 is 15.9 Å². The van der Waals surface area contributed by atoms with Gasteiger partial charge in [-0.05, 0) is 50.6 Å². The fraction of sp³-hybridized carbons (Fsp3) is 0.222. The standard InChI is InChI=1S/C18H21N3O3S/c1-14(2)19-20-18(22)13-21(16-9-7-8-15(3)12-16)25(23,24)17-10-5-4-6-11-17/h4-12H,13H2,1-3H3,(H,20,22). The number of aryl methyl sites for hydroxylation is 1. The number of carbonyl (C=O) groups is 1. The van der Waals surface area contributed by atoms with Gasteiger partial charge in [-0.2, -0.15) is 5.10 Å². The molecule has 7 heteroatoms. The number of carbonyl (C=O) groups excluding carboxylic acids is 1. The molecule has 0 atom stereocenters. The van der Waals surface area contributed by atoms with Crippen LogP contribution in [0.15, 0.2) is 64.6 Å². The maximum absolute atomic E-state index is 13.0. The number of sulfonamides is 1. The molecule has 0 spiro atoms. The van der Waals surface area contributed by atoms with Gasteiger partial charge in [0.2, 0.25) is 0 Å². The number of amides is 1. The van der Waals surface area contributed by atoms with Crippen molar-refractivity contribution in [1.82, 2.24) is 5.43 Å². The van der Waals surface area contributed by atoms with Crippen LogP contribution in [0.1, 0.15) is 19.4 Å². The lowest BCUT2D eigenvalue weighted by atomic mass is 10.2. The molecule has 0 aromatic heterocycles. The predicted molar refractivity (Wildman–Crippen MR) is 99.1 cm³/mol. The molecule has 0 fully saturated rings. The molecule has 0 unspecified atom stereocenters. The zero-order chi connectivity index (χ0) is 18.4. The quantitative estimate of drug-likeness (QED) is 0.636. The number of rotatable bonds is 6. The number of anilines is 1. The first kappa shape index (κ1) is 18.7. The van der Waals surface area contributed by atoms with Crippen LogP contribution in [0.3, 0.4) is 0 Å². The molecule has 132 valence electrons. The summed E-state index contributed by atoms with van der Waals surface area (Å²) in [4.78, 5) is 12.3. The van der Waals surface area contributed by atoms with Gasteiger partial charge in [0.05, 0.1) is 10.6 Å². The molecule has 0 radical (unpaired) electrons. The molecule has 0 heterocycles. The van der Waals surface area contributed by atoms with Crippen LogP contribution in [0.5, 0.6) is 0 Å². The minimum atomic E-state index is -3.88. The topological polar surface area (TPSA) is 78.8 Å². The molecular formula is C18H21N3O3S. The number of hydrazone groups is 1. The van der Waals surface area contributed by atoms with Crippen LogP contribution in [-0.2, 0) is 14.8 Å². The Morgan fingerprint density at radius 1 is 1.08 bits per heavy atom. The lowest BCUT2D eigenvalue weighted by Crippen LogP contribution is -2.39. The molecule has 2 aromatic carbocycles. The molecule has 6 nitrogen and oxygen atoms in total. The van der Waals surface area contributed by atoms with Gasteiger partial charge >= 0.3 is 0 Å². The van der Waals surface area contributed by atoms with Crippen LogP contribution in [-0.4, -0.2) is 26.6 Å². The Balaban J connectivity index is 2.42. The largest absolute Gasteiger partial charge is 0.271 e. The number of nitrogens with zero attached hydrogens (tertiary/aromatic N) is 2. The third kappa shape index (κ3) is 4.90. The number of hydrogen-bond donors (Lipinski definition) is 1. The molecule has 0 saturated heterocycles. The molecule has 1 amide bonds. The number of hydrogen-bond acceptors (Lipinski definition) is 4. The number of nitrogens with one attached hydrogen (secondary N) is 1. The van der Waals surface area contributed by atoms with E-state index in [0.717, 1.165) is 9.87 Å². The normalized spacial score (nSPS) is 10.8. The summed E-state index contributed by atoms with van der Waals surface area (Å²) >= 11 is 0. The Morgan fingerprint density at radius 3 is 2.36 bits per heavy atom. The van der Waals surface area contributed by atoms with Crippen molar-refractivity contribution in [2.24, 2.45) is 5.10 Å². The van der Waals surface area contributed by atoms with E-state index in [1.807, 2.05) is 13.0 Å². The highest BCUT2D eigenvalue weighted by Gasteiger charge is 2.27. The van der Waals surface area contributed by atoms with Crippen LogP contribution in [0.25, 0.3) is 0 Å². The van der Waals surface area contributed by atoms with E-state index in [1.165, 1.54) is 12.1 Å². The van der Waals surface area contributed by atoms with Crippen molar-refractivity contribution < 1.29 is 13.2 Å². The van der Waals surface area contributed by atoms with E-state index in [1.54, 1.807) is 50.2 Å². The number of benzene rings is 2. The van der Waals surface area contributed by atoms with Gasteiger partial charge < -0.3 is 0 Å². The van der Waals surface area contributed by atoms with Crippen molar-refractivity contribution in [2.45, 2.75) is 25.7 Å². The van der Waals surface area contributed by atoms with Gasteiger partial charge in [-0.1, -0.05) is 30.3 Å². The summed E-state index contributed by atoms with van der Waals surface area (Å²) in [5.74, 6) is -0.512. The predicted octanol–water partition coefficient (Wildman–Crippen LogP) is 2.70. The maximum Gasteiger partial charge on any atom is 0.264 e. The highest BCUT2D eigenvalue weighted by Crippen LogP contribution is 2.24. The van der Waals surface area contributed by atoms with Crippen LogP contribution in [0, 0.1) is 6.92 Å². The third-order valence-corrected chi connectivity index (χ3v) is 5.10. The van der Waals surface area contributed by atoms with Crippen molar-refractivity contribution in [3.63, 3.8) is 0 Å². The van der Waals surface area contributed by atoms with Gasteiger partial charge in [-0.15, -0.1) is 0 Å². The molecule has 2 rings (SSSR count). The fourth-order valence-corrected chi connectivity index (χ4v) is 3.59. The average molecular weight is 359 g/mol. The summed E-state index contributed by atoms with van der Waals surface area (Å²) in [5, 5.41) is 3.84. The first-order valence-corrected chi connectivity index (χ1v) is 9.19. The second-order valence-electron chi connectivity index (χ2n) is 5.76. The maximum atomic E-state index is 13.0. The summed E-state index contributed by atoms with van der Waals surface area (Å²) in [6.45, 7) is 4.97. The first-order chi connectivity index (χ1) is 11.8. The van der Waals surface area contributed by atoms with E-state index in [0.29, 0.717) is 11.4 Å². The molecule has 0 aliphatic carbocycles. The monoisotopic (exact) mass is 359 g/mol. The van der Waals surface area contributed by atoms with Gasteiger partial charge in [0.1, 0.15) is 6.54 Å². The van der Waals surface area contributed by atoms with Gasteiger partial charge in [-0.25, -0.2) is 13.8 Å². The summed E-state index contributed by atoms with van der Waals surface area (Å²) in [7, 11) is -3.88. The Labute approximate surface area is 148 Å². The second-order valence-corrected chi connectivity index (χ2v) is 7.62. The van der Waals surface area contributed by atoms with Gasteiger partial charge in [0, 0.05) is 5.71 Å². The average Bonchev–Trinajstić information content (AvgIpc) is 2.58. The van der Waals surface area contributed by atoms with E-state index in [2.05, 4.69) is 10.5 Å². The fourth-order valence-electron chi connectivity index (χ4n) is 2.16. The molecule has 2 aromatic rings. The zero-order valence-electron chi connectivity index (χ0n) is 14.4. The third-order valence-electron chi connectivity index (χ3n) is 3.31. The van der Waals surface area contributed by atoms with Crippen LogP contribution in [0.4, 0.5) is 5.69 Å². The van der Waals surface area contributed by atoms with Gasteiger partial charge in [0.15, 0.2) is 0 Å². The molecule has 25 heavy (non-hydrogen) atoms. The molecule has 0 aliphatic rings. The molecule has 0 saturated carbocycles. The van der Waals surface area contributed by atoms with Crippen LogP contribution >= 0.6 is 0 Å². The summed E-state index contributed by atoms with van der Waals surface area (Å²) in [6, 6.07) is 15.0. The van der Waals surface area contributed by atoms with Crippen molar-refractivity contribution in [3.8, 4) is 0 Å². The van der Waals surface area contributed by atoms with Crippen molar-refractivity contribution in [3.05, 3.63) is 60.2 Å². The lowest BCUT2D eigenvalue weighted by Gasteiger charge is -2.24.